The summed E-state index contributed by atoms with van der Waals surface area (Å²) in [6.07, 6.45) is 2.92. The Bertz CT molecular complexity index is 299. The van der Waals surface area contributed by atoms with E-state index in [9.17, 15) is 0 Å². The highest BCUT2D eigenvalue weighted by molar-refractivity contribution is 9.10. The summed E-state index contributed by atoms with van der Waals surface area (Å²) in [6.45, 7) is 6.52. The van der Waals surface area contributed by atoms with E-state index in [1.165, 1.54) is 0 Å². The Balaban J connectivity index is 2.70. The molecule has 4 heteroatoms. The monoisotopic (exact) mass is 286 g/mol. The van der Waals surface area contributed by atoms with Gasteiger partial charge in [0.05, 0.1) is 18.3 Å². The fourth-order valence-corrected chi connectivity index (χ4v) is 1.97. The molecule has 0 aliphatic carbocycles. The molecule has 0 amide bonds. The Morgan fingerprint density at radius 1 is 1.50 bits per heavy atom. The van der Waals surface area contributed by atoms with Crippen LogP contribution in [-0.2, 0) is 4.74 Å². The standard InChI is InChI=1S/C12H19BrN2O/c1-3-7-14-11(9-16-4-2)12-10(13)6-5-8-15-12/h5-6,8,11,14H,3-4,7,9H2,1-2H3. The Morgan fingerprint density at radius 2 is 2.31 bits per heavy atom. The van der Waals surface area contributed by atoms with Crippen LogP contribution in [0.4, 0.5) is 0 Å². The van der Waals surface area contributed by atoms with E-state index in [1.54, 1.807) is 0 Å². The number of pyridine rings is 1. The normalized spacial score (nSPS) is 12.7. The molecule has 0 fully saturated rings. The lowest BCUT2D eigenvalue weighted by molar-refractivity contribution is 0.121. The molecule has 1 aromatic heterocycles. The van der Waals surface area contributed by atoms with Crippen LogP contribution in [0, 0.1) is 0 Å². The van der Waals surface area contributed by atoms with Gasteiger partial charge in [-0.15, -0.1) is 0 Å². The van der Waals surface area contributed by atoms with Gasteiger partial charge >= 0.3 is 0 Å². The zero-order valence-corrected chi connectivity index (χ0v) is 11.5. The quantitative estimate of drug-likeness (QED) is 0.837. The number of halogens is 1. The van der Waals surface area contributed by atoms with Crippen molar-refractivity contribution in [2.75, 3.05) is 19.8 Å². The molecule has 1 atom stereocenters. The van der Waals surface area contributed by atoms with Crippen LogP contribution in [0.2, 0.25) is 0 Å². The van der Waals surface area contributed by atoms with Crippen molar-refractivity contribution in [3.8, 4) is 0 Å². The summed E-state index contributed by atoms with van der Waals surface area (Å²) in [7, 11) is 0. The van der Waals surface area contributed by atoms with Crippen LogP contribution in [0.15, 0.2) is 22.8 Å². The van der Waals surface area contributed by atoms with Crippen molar-refractivity contribution in [3.63, 3.8) is 0 Å². The van der Waals surface area contributed by atoms with E-state index >= 15 is 0 Å². The van der Waals surface area contributed by atoms with Crippen molar-refractivity contribution >= 4 is 15.9 Å². The van der Waals surface area contributed by atoms with Crippen molar-refractivity contribution in [2.24, 2.45) is 0 Å². The van der Waals surface area contributed by atoms with E-state index in [2.05, 4.69) is 33.2 Å². The zero-order chi connectivity index (χ0) is 11.8. The Hall–Kier alpha value is -0.450. The molecule has 1 N–H and O–H groups in total. The second-order valence-corrected chi connectivity index (χ2v) is 4.39. The lowest BCUT2D eigenvalue weighted by Gasteiger charge is -2.18. The molecule has 16 heavy (non-hydrogen) atoms. The summed E-state index contributed by atoms with van der Waals surface area (Å²) < 4.78 is 6.51. The van der Waals surface area contributed by atoms with Crippen molar-refractivity contribution < 1.29 is 4.74 Å². The molecular weight excluding hydrogens is 268 g/mol. The molecule has 1 rings (SSSR count). The molecule has 0 aliphatic heterocycles. The van der Waals surface area contributed by atoms with Crippen LogP contribution in [0.5, 0.6) is 0 Å². The number of aromatic nitrogens is 1. The third kappa shape index (κ3) is 4.20. The number of nitrogens with zero attached hydrogens (tertiary/aromatic N) is 1. The van der Waals surface area contributed by atoms with Crippen LogP contribution in [0.3, 0.4) is 0 Å². The molecule has 0 saturated heterocycles. The summed E-state index contributed by atoms with van der Waals surface area (Å²) in [5, 5.41) is 3.44. The molecule has 0 saturated carbocycles. The first-order chi connectivity index (χ1) is 7.79. The Labute approximate surface area is 106 Å². The molecule has 0 spiro atoms. The van der Waals surface area contributed by atoms with Crippen LogP contribution in [0.1, 0.15) is 32.0 Å². The van der Waals surface area contributed by atoms with Gasteiger partial charge in [-0.2, -0.15) is 0 Å². The second kappa shape index (κ2) is 7.76. The molecule has 0 aliphatic rings. The van der Waals surface area contributed by atoms with Crippen LogP contribution >= 0.6 is 15.9 Å². The van der Waals surface area contributed by atoms with Gasteiger partial charge in [-0.25, -0.2) is 0 Å². The first-order valence-corrected chi connectivity index (χ1v) is 6.50. The largest absolute Gasteiger partial charge is 0.380 e. The maximum atomic E-state index is 5.48. The SMILES string of the molecule is CCCNC(COCC)c1ncccc1Br. The van der Waals surface area contributed by atoms with Gasteiger partial charge in [0.2, 0.25) is 0 Å². The van der Waals surface area contributed by atoms with E-state index in [0.29, 0.717) is 6.61 Å². The number of ether oxygens (including phenoxy) is 1. The van der Waals surface area contributed by atoms with Crippen LogP contribution in [0.25, 0.3) is 0 Å². The van der Waals surface area contributed by atoms with Crippen molar-refractivity contribution in [1.29, 1.82) is 0 Å². The summed E-state index contributed by atoms with van der Waals surface area (Å²) in [6, 6.07) is 4.09. The summed E-state index contributed by atoms with van der Waals surface area (Å²) in [4.78, 5) is 4.40. The van der Waals surface area contributed by atoms with E-state index in [1.807, 2.05) is 25.3 Å². The molecule has 0 bridgehead atoms. The van der Waals surface area contributed by atoms with Crippen molar-refractivity contribution in [3.05, 3.63) is 28.5 Å². The smallest absolute Gasteiger partial charge is 0.0744 e. The molecule has 0 radical (unpaired) electrons. The number of rotatable bonds is 7. The van der Waals surface area contributed by atoms with Gasteiger partial charge in [0, 0.05) is 17.3 Å². The van der Waals surface area contributed by atoms with E-state index in [4.69, 9.17) is 4.74 Å². The summed E-state index contributed by atoms with van der Waals surface area (Å²) in [5.41, 5.74) is 1.02. The van der Waals surface area contributed by atoms with Gasteiger partial charge in [-0.1, -0.05) is 6.92 Å². The van der Waals surface area contributed by atoms with Crippen molar-refractivity contribution in [1.82, 2.24) is 10.3 Å². The fraction of sp³-hybridized carbons (Fsp3) is 0.583. The number of hydrogen-bond donors (Lipinski definition) is 1. The van der Waals surface area contributed by atoms with Gasteiger partial charge in [0.1, 0.15) is 0 Å². The van der Waals surface area contributed by atoms with E-state index in [-0.39, 0.29) is 6.04 Å². The maximum absolute atomic E-state index is 5.48. The van der Waals surface area contributed by atoms with Crippen LogP contribution < -0.4 is 5.32 Å². The topological polar surface area (TPSA) is 34.1 Å². The first-order valence-electron chi connectivity index (χ1n) is 5.71. The second-order valence-electron chi connectivity index (χ2n) is 3.54. The zero-order valence-electron chi connectivity index (χ0n) is 9.87. The number of hydrogen-bond acceptors (Lipinski definition) is 3. The third-order valence-electron chi connectivity index (χ3n) is 2.25. The van der Waals surface area contributed by atoms with Gasteiger partial charge < -0.3 is 10.1 Å². The Kier molecular flexibility index (Phi) is 6.61. The average molecular weight is 287 g/mol. The summed E-state index contributed by atoms with van der Waals surface area (Å²) >= 11 is 3.52. The Morgan fingerprint density at radius 3 is 2.94 bits per heavy atom. The molecule has 90 valence electrons. The minimum Gasteiger partial charge on any atom is -0.380 e. The van der Waals surface area contributed by atoms with E-state index in [0.717, 1.165) is 29.7 Å². The first kappa shape index (κ1) is 13.6. The predicted molar refractivity (Wildman–Crippen MR) is 69.5 cm³/mol. The number of nitrogens with one attached hydrogen (secondary N) is 1. The van der Waals surface area contributed by atoms with Gasteiger partial charge in [-0.3, -0.25) is 4.98 Å². The average Bonchev–Trinajstić information content (AvgIpc) is 2.31. The highest BCUT2D eigenvalue weighted by Gasteiger charge is 2.14. The van der Waals surface area contributed by atoms with Crippen molar-refractivity contribution in [2.45, 2.75) is 26.3 Å². The lowest BCUT2D eigenvalue weighted by Crippen LogP contribution is -2.27. The van der Waals surface area contributed by atoms with Crippen LogP contribution in [-0.4, -0.2) is 24.7 Å². The minimum atomic E-state index is 0.162. The highest BCUT2D eigenvalue weighted by atomic mass is 79.9. The van der Waals surface area contributed by atoms with Gasteiger partial charge in [0.15, 0.2) is 0 Å². The fourth-order valence-electron chi connectivity index (χ4n) is 1.44. The molecule has 3 nitrogen and oxygen atoms in total. The summed E-state index contributed by atoms with van der Waals surface area (Å²) in [5.74, 6) is 0. The van der Waals surface area contributed by atoms with Gasteiger partial charge in [-0.05, 0) is 48.0 Å². The van der Waals surface area contributed by atoms with Gasteiger partial charge in [0.25, 0.3) is 0 Å². The molecule has 1 aromatic rings. The third-order valence-corrected chi connectivity index (χ3v) is 2.92. The molecular formula is C12H19BrN2O. The molecule has 0 aromatic carbocycles. The molecule has 1 unspecified atom stereocenters. The molecule has 1 heterocycles. The van der Waals surface area contributed by atoms with E-state index < -0.39 is 0 Å². The lowest BCUT2D eigenvalue weighted by atomic mass is 10.2. The maximum Gasteiger partial charge on any atom is 0.0744 e. The highest BCUT2D eigenvalue weighted by Crippen LogP contribution is 2.20. The predicted octanol–water partition coefficient (Wildman–Crippen LogP) is 2.92. The minimum absolute atomic E-state index is 0.162.